The minimum atomic E-state index is -0.0938. The first-order valence-electron chi connectivity index (χ1n) is 6.80. The molecule has 100 valence electrons. The molecular formula is C15H23FN2. The number of nitrogens with zero attached hydrogens (tertiary/aromatic N) is 1. The molecule has 18 heavy (non-hydrogen) atoms. The van der Waals surface area contributed by atoms with Gasteiger partial charge in [-0.05, 0) is 57.5 Å². The first kappa shape index (κ1) is 13.5. The van der Waals surface area contributed by atoms with E-state index in [1.165, 1.54) is 12.8 Å². The molecule has 1 fully saturated rings. The van der Waals surface area contributed by atoms with Gasteiger partial charge in [-0.2, -0.15) is 0 Å². The van der Waals surface area contributed by atoms with Crippen molar-refractivity contribution >= 4 is 0 Å². The van der Waals surface area contributed by atoms with Crippen LogP contribution in [0.3, 0.4) is 0 Å². The highest BCUT2D eigenvalue weighted by molar-refractivity contribution is 5.25. The summed E-state index contributed by atoms with van der Waals surface area (Å²) in [5, 5.41) is 3.25. The third kappa shape index (κ3) is 2.73. The molecule has 1 heterocycles. The predicted molar refractivity (Wildman–Crippen MR) is 73.2 cm³/mol. The Labute approximate surface area is 109 Å². The first-order valence-corrected chi connectivity index (χ1v) is 6.80. The zero-order valence-corrected chi connectivity index (χ0v) is 11.5. The number of hydrogen-bond donors (Lipinski definition) is 1. The number of benzene rings is 1. The van der Waals surface area contributed by atoms with Crippen molar-refractivity contribution in [3.63, 3.8) is 0 Å². The molecule has 0 aromatic heterocycles. The van der Waals surface area contributed by atoms with E-state index in [-0.39, 0.29) is 5.82 Å². The highest BCUT2D eigenvalue weighted by Gasteiger charge is 2.28. The van der Waals surface area contributed by atoms with Crippen molar-refractivity contribution in [1.82, 2.24) is 10.2 Å². The number of likely N-dealkylation sites (tertiary alicyclic amines) is 1. The highest BCUT2D eigenvalue weighted by atomic mass is 19.1. The highest BCUT2D eigenvalue weighted by Crippen LogP contribution is 2.29. The van der Waals surface area contributed by atoms with Gasteiger partial charge < -0.3 is 5.32 Å². The smallest absolute Gasteiger partial charge is 0.126 e. The van der Waals surface area contributed by atoms with E-state index in [0.29, 0.717) is 12.1 Å². The van der Waals surface area contributed by atoms with E-state index in [2.05, 4.69) is 23.2 Å². The Morgan fingerprint density at radius 2 is 2.28 bits per heavy atom. The van der Waals surface area contributed by atoms with Crippen molar-refractivity contribution in [3.05, 3.63) is 35.1 Å². The van der Waals surface area contributed by atoms with E-state index >= 15 is 0 Å². The molecule has 2 unspecified atom stereocenters. The minimum absolute atomic E-state index is 0.0938. The summed E-state index contributed by atoms with van der Waals surface area (Å²) in [6, 6.07) is 6.49. The van der Waals surface area contributed by atoms with Gasteiger partial charge >= 0.3 is 0 Å². The normalized spacial score (nSPS) is 22.3. The molecule has 1 aromatic carbocycles. The Balaban J connectivity index is 2.14. The molecule has 0 spiro atoms. The molecule has 0 bridgehead atoms. The Kier molecular flexibility index (Phi) is 4.36. The van der Waals surface area contributed by atoms with Crippen LogP contribution in [0, 0.1) is 12.7 Å². The van der Waals surface area contributed by atoms with Crippen LogP contribution in [-0.4, -0.2) is 31.1 Å². The second-order valence-corrected chi connectivity index (χ2v) is 5.28. The quantitative estimate of drug-likeness (QED) is 0.884. The van der Waals surface area contributed by atoms with Crippen LogP contribution < -0.4 is 5.32 Å². The minimum Gasteiger partial charge on any atom is -0.318 e. The van der Waals surface area contributed by atoms with Crippen LogP contribution in [0.2, 0.25) is 0 Å². The SMILES string of the molecule is CNCC1CCCN1C(C)c1ccc(C)c(F)c1. The Hall–Kier alpha value is -0.930. The van der Waals surface area contributed by atoms with Crippen molar-refractivity contribution in [2.45, 2.75) is 38.8 Å². The summed E-state index contributed by atoms with van der Waals surface area (Å²) >= 11 is 0. The van der Waals surface area contributed by atoms with Gasteiger partial charge in [0, 0.05) is 18.6 Å². The largest absolute Gasteiger partial charge is 0.318 e. The maximum atomic E-state index is 13.6. The molecule has 0 radical (unpaired) electrons. The lowest BCUT2D eigenvalue weighted by Crippen LogP contribution is -2.38. The summed E-state index contributed by atoms with van der Waals surface area (Å²) < 4.78 is 13.6. The van der Waals surface area contributed by atoms with Crippen molar-refractivity contribution in [1.29, 1.82) is 0 Å². The molecule has 1 N–H and O–H groups in total. The standard InChI is InChI=1S/C15H23FN2/c1-11-6-7-13(9-15(11)16)12(2)18-8-4-5-14(18)10-17-3/h6-7,9,12,14,17H,4-5,8,10H2,1-3H3. The molecule has 2 nitrogen and oxygen atoms in total. The molecule has 1 aromatic rings. The molecule has 0 aliphatic carbocycles. The fourth-order valence-electron chi connectivity index (χ4n) is 2.88. The lowest BCUT2D eigenvalue weighted by Gasteiger charge is -2.31. The molecule has 1 aliphatic rings. The van der Waals surface area contributed by atoms with Crippen LogP contribution in [0.5, 0.6) is 0 Å². The summed E-state index contributed by atoms with van der Waals surface area (Å²) in [4.78, 5) is 2.49. The van der Waals surface area contributed by atoms with Gasteiger partial charge in [-0.15, -0.1) is 0 Å². The summed E-state index contributed by atoms with van der Waals surface area (Å²) in [6.07, 6.45) is 2.48. The summed E-state index contributed by atoms with van der Waals surface area (Å²) in [5.74, 6) is -0.0938. The second kappa shape index (κ2) is 5.81. The Morgan fingerprint density at radius 1 is 1.50 bits per heavy atom. The number of likely N-dealkylation sites (N-methyl/N-ethyl adjacent to an activating group) is 1. The third-order valence-corrected chi connectivity index (χ3v) is 4.04. The van der Waals surface area contributed by atoms with E-state index in [4.69, 9.17) is 0 Å². The first-order chi connectivity index (χ1) is 8.63. The molecule has 0 saturated carbocycles. The van der Waals surface area contributed by atoms with Crippen LogP contribution in [0.1, 0.15) is 36.9 Å². The number of hydrogen-bond acceptors (Lipinski definition) is 2. The van der Waals surface area contributed by atoms with E-state index in [0.717, 1.165) is 24.2 Å². The van der Waals surface area contributed by atoms with E-state index in [9.17, 15) is 4.39 Å². The molecule has 3 heteroatoms. The van der Waals surface area contributed by atoms with Gasteiger partial charge in [-0.3, -0.25) is 4.90 Å². The topological polar surface area (TPSA) is 15.3 Å². The molecular weight excluding hydrogens is 227 g/mol. The van der Waals surface area contributed by atoms with E-state index < -0.39 is 0 Å². The monoisotopic (exact) mass is 250 g/mol. The third-order valence-electron chi connectivity index (χ3n) is 4.04. The lowest BCUT2D eigenvalue weighted by molar-refractivity contribution is 0.191. The maximum absolute atomic E-state index is 13.6. The fraction of sp³-hybridized carbons (Fsp3) is 0.600. The number of halogens is 1. The summed E-state index contributed by atoms with van der Waals surface area (Å²) in [7, 11) is 1.99. The van der Waals surface area contributed by atoms with Gasteiger partial charge in [0.25, 0.3) is 0 Å². The van der Waals surface area contributed by atoms with Crippen LogP contribution in [0.25, 0.3) is 0 Å². The molecule has 0 amide bonds. The van der Waals surface area contributed by atoms with Gasteiger partial charge in [-0.25, -0.2) is 4.39 Å². The Morgan fingerprint density at radius 3 is 2.94 bits per heavy atom. The van der Waals surface area contributed by atoms with Crippen molar-refractivity contribution in [3.8, 4) is 0 Å². The van der Waals surface area contributed by atoms with Crippen LogP contribution in [0.4, 0.5) is 4.39 Å². The number of aryl methyl sites for hydroxylation is 1. The van der Waals surface area contributed by atoms with Gasteiger partial charge in [0.05, 0.1) is 0 Å². The van der Waals surface area contributed by atoms with Gasteiger partial charge in [-0.1, -0.05) is 12.1 Å². The Bertz CT molecular complexity index is 405. The zero-order valence-electron chi connectivity index (χ0n) is 11.5. The number of nitrogens with one attached hydrogen (secondary N) is 1. The predicted octanol–water partition coefficient (Wildman–Crippen LogP) is 2.88. The van der Waals surface area contributed by atoms with E-state index in [1.807, 2.05) is 20.0 Å². The average Bonchev–Trinajstić information content (AvgIpc) is 2.80. The van der Waals surface area contributed by atoms with E-state index in [1.54, 1.807) is 6.07 Å². The maximum Gasteiger partial charge on any atom is 0.126 e. The van der Waals surface area contributed by atoms with Crippen molar-refractivity contribution < 1.29 is 4.39 Å². The molecule has 1 saturated heterocycles. The fourth-order valence-corrected chi connectivity index (χ4v) is 2.88. The van der Waals surface area contributed by atoms with Gasteiger partial charge in [0.2, 0.25) is 0 Å². The summed E-state index contributed by atoms with van der Waals surface area (Å²) in [6.45, 7) is 6.11. The van der Waals surface area contributed by atoms with Gasteiger partial charge in [0.15, 0.2) is 0 Å². The molecule has 2 atom stereocenters. The number of rotatable bonds is 4. The van der Waals surface area contributed by atoms with Crippen LogP contribution >= 0.6 is 0 Å². The van der Waals surface area contributed by atoms with Crippen molar-refractivity contribution in [2.75, 3.05) is 20.1 Å². The summed E-state index contributed by atoms with van der Waals surface area (Å²) in [5.41, 5.74) is 1.81. The van der Waals surface area contributed by atoms with Crippen LogP contribution in [0.15, 0.2) is 18.2 Å². The van der Waals surface area contributed by atoms with Gasteiger partial charge in [0.1, 0.15) is 5.82 Å². The molecule has 2 rings (SSSR count). The average molecular weight is 250 g/mol. The van der Waals surface area contributed by atoms with Crippen molar-refractivity contribution in [2.24, 2.45) is 0 Å². The lowest BCUT2D eigenvalue weighted by atomic mass is 10.0. The second-order valence-electron chi connectivity index (χ2n) is 5.28. The molecule has 1 aliphatic heterocycles. The zero-order chi connectivity index (χ0) is 13.1. The van der Waals surface area contributed by atoms with Crippen LogP contribution in [-0.2, 0) is 0 Å².